The Hall–Kier alpha value is 0.0500. The maximum absolute atomic E-state index is 12.4. The van der Waals surface area contributed by atoms with Crippen molar-refractivity contribution in [2.75, 3.05) is 0 Å². The van der Waals surface area contributed by atoms with E-state index in [1.54, 1.807) is 11.3 Å². The zero-order valence-corrected chi connectivity index (χ0v) is 20.7. The van der Waals surface area contributed by atoms with Gasteiger partial charge in [-0.2, -0.15) is 0 Å². The molecule has 0 aliphatic carbocycles. The summed E-state index contributed by atoms with van der Waals surface area (Å²) in [6.07, 6.45) is 12.3. The maximum atomic E-state index is 12.4. The Kier molecular flexibility index (Phi) is 10.7. The van der Waals surface area contributed by atoms with Crippen LogP contribution in [0.2, 0.25) is 0 Å². The predicted molar refractivity (Wildman–Crippen MR) is 131 cm³/mol. The van der Waals surface area contributed by atoms with Crippen LogP contribution in [0.15, 0.2) is 30.3 Å². The lowest BCUT2D eigenvalue weighted by Gasteiger charge is -2.04. The van der Waals surface area contributed by atoms with E-state index in [2.05, 4.69) is 70.3 Å². The van der Waals surface area contributed by atoms with E-state index in [-0.39, 0.29) is 5.78 Å². The smallest absolute Gasteiger partial charge is 0.162 e. The van der Waals surface area contributed by atoms with Crippen molar-refractivity contribution in [3.63, 3.8) is 0 Å². The first-order valence-corrected chi connectivity index (χ1v) is 12.7. The highest BCUT2D eigenvalue weighted by molar-refractivity contribution is 14.1. The fourth-order valence-corrected chi connectivity index (χ4v) is 7.16. The molecular weight excluding hydrogens is 566 g/mol. The van der Waals surface area contributed by atoms with Gasteiger partial charge in [0, 0.05) is 17.5 Å². The van der Waals surface area contributed by atoms with Gasteiger partial charge in [-0.05, 0) is 63.2 Å². The average Bonchev–Trinajstić information content (AvgIpc) is 2.98. The lowest BCUT2D eigenvalue weighted by molar-refractivity contribution is 0.0979. The van der Waals surface area contributed by atoms with E-state index in [0.717, 1.165) is 12.0 Å². The SMILES string of the molecule is CCCCCCCCCCCC(=O)c1ccc(-c2cc(I)sc2I)cc1. The van der Waals surface area contributed by atoms with Crippen molar-refractivity contribution < 1.29 is 4.79 Å². The van der Waals surface area contributed by atoms with Crippen molar-refractivity contribution in [1.82, 2.24) is 0 Å². The van der Waals surface area contributed by atoms with Crippen molar-refractivity contribution in [2.45, 2.75) is 71.1 Å². The highest BCUT2D eigenvalue weighted by Gasteiger charge is 2.10. The third kappa shape index (κ3) is 7.58. The molecule has 0 aliphatic heterocycles. The molecular formula is C22H28I2OS. The number of hydrogen-bond acceptors (Lipinski definition) is 2. The third-order valence-corrected chi connectivity index (χ3v) is 7.61. The number of rotatable bonds is 12. The summed E-state index contributed by atoms with van der Waals surface area (Å²) in [6.45, 7) is 2.26. The first kappa shape index (κ1) is 22.3. The van der Waals surface area contributed by atoms with E-state index in [4.69, 9.17) is 0 Å². The van der Waals surface area contributed by atoms with Gasteiger partial charge in [0.1, 0.15) is 0 Å². The summed E-state index contributed by atoms with van der Waals surface area (Å²) < 4.78 is 2.60. The van der Waals surface area contributed by atoms with Gasteiger partial charge in [0.15, 0.2) is 5.78 Å². The summed E-state index contributed by atoms with van der Waals surface area (Å²) in [5.74, 6) is 0.286. The number of ketones is 1. The number of Topliss-reactive ketones (excluding diaryl/α,β-unsaturated/α-hetero) is 1. The minimum absolute atomic E-state index is 0.286. The molecule has 0 amide bonds. The molecule has 2 aromatic rings. The summed E-state index contributed by atoms with van der Waals surface area (Å²) in [6, 6.07) is 10.4. The summed E-state index contributed by atoms with van der Waals surface area (Å²) in [7, 11) is 0. The largest absolute Gasteiger partial charge is 0.294 e. The molecule has 1 aromatic heterocycles. The van der Waals surface area contributed by atoms with Gasteiger partial charge in [-0.15, -0.1) is 11.3 Å². The molecule has 0 bridgehead atoms. The molecule has 0 radical (unpaired) electrons. The second-order valence-corrected chi connectivity index (χ2v) is 11.6. The standard InChI is InChI=1S/C22H28I2OS/c1-2-3-4-5-6-7-8-9-10-11-20(25)18-14-12-17(13-15-18)19-16-21(23)26-22(19)24/h12-16H,2-11H2,1H3. The number of hydrogen-bond donors (Lipinski definition) is 0. The highest BCUT2D eigenvalue weighted by Crippen LogP contribution is 2.33. The van der Waals surface area contributed by atoms with E-state index in [1.807, 2.05) is 12.1 Å². The summed E-state index contributed by atoms with van der Waals surface area (Å²) in [5, 5.41) is 0. The predicted octanol–water partition coefficient (Wildman–Crippen LogP) is 8.73. The van der Waals surface area contributed by atoms with Gasteiger partial charge in [-0.3, -0.25) is 4.79 Å². The van der Waals surface area contributed by atoms with Crippen LogP contribution in [0, 0.1) is 5.77 Å². The van der Waals surface area contributed by atoms with Crippen LogP contribution in [0.5, 0.6) is 0 Å². The molecule has 0 saturated carbocycles. The molecule has 0 saturated heterocycles. The van der Waals surface area contributed by atoms with Crippen LogP contribution in [0.1, 0.15) is 81.5 Å². The first-order valence-electron chi connectivity index (χ1n) is 9.70. The Labute approximate surface area is 189 Å². The molecule has 4 heteroatoms. The third-order valence-electron chi connectivity index (χ3n) is 4.68. The van der Waals surface area contributed by atoms with Crippen LogP contribution in [0.4, 0.5) is 0 Å². The van der Waals surface area contributed by atoms with Gasteiger partial charge < -0.3 is 0 Å². The number of carbonyl (C=O) groups excluding carboxylic acids is 1. The molecule has 2 rings (SSSR count). The molecule has 0 fully saturated rings. The van der Waals surface area contributed by atoms with Gasteiger partial charge in [0.05, 0.1) is 5.77 Å². The Bertz CT molecular complexity index is 676. The Balaban J connectivity index is 1.69. The van der Waals surface area contributed by atoms with E-state index in [1.165, 1.54) is 68.3 Å². The van der Waals surface area contributed by atoms with Crippen molar-refractivity contribution in [1.29, 1.82) is 0 Å². The monoisotopic (exact) mass is 594 g/mol. The molecule has 1 heterocycles. The fraction of sp³-hybridized carbons (Fsp3) is 0.500. The molecule has 142 valence electrons. The molecule has 0 N–H and O–H groups in total. The fourth-order valence-electron chi connectivity index (χ4n) is 3.11. The van der Waals surface area contributed by atoms with E-state index >= 15 is 0 Å². The van der Waals surface area contributed by atoms with Crippen LogP contribution < -0.4 is 0 Å². The molecule has 26 heavy (non-hydrogen) atoms. The molecule has 1 nitrogen and oxygen atoms in total. The van der Waals surface area contributed by atoms with Crippen LogP contribution in [-0.4, -0.2) is 5.78 Å². The van der Waals surface area contributed by atoms with Crippen molar-refractivity contribution in [2.24, 2.45) is 0 Å². The second-order valence-electron chi connectivity index (χ2n) is 6.82. The highest BCUT2D eigenvalue weighted by atomic mass is 127. The quantitative estimate of drug-likeness (QED) is 0.137. The minimum atomic E-state index is 0.286. The number of benzene rings is 1. The zero-order valence-electron chi connectivity index (χ0n) is 15.5. The number of unbranched alkanes of at least 4 members (excludes halogenated alkanes) is 8. The maximum Gasteiger partial charge on any atom is 0.162 e. The van der Waals surface area contributed by atoms with Crippen LogP contribution in [0.3, 0.4) is 0 Å². The summed E-state index contributed by atoms with van der Waals surface area (Å²) in [4.78, 5) is 12.4. The Morgan fingerprint density at radius 2 is 1.46 bits per heavy atom. The Morgan fingerprint density at radius 3 is 2.00 bits per heavy atom. The zero-order chi connectivity index (χ0) is 18.8. The lowest BCUT2D eigenvalue weighted by atomic mass is 10.0. The Morgan fingerprint density at radius 1 is 0.885 bits per heavy atom. The van der Waals surface area contributed by atoms with Gasteiger partial charge in [-0.25, -0.2) is 0 Å². The van der Waals surface area contributed by atoms with Crippen LogP contribution in [0.25, 0.3) is 11.1 Å². The summed E-state index contributed by atoms with van der Waals surface area (Å²) >= 11 is 6.56. The van der Waals surface area contributed by atoms with Crippen molar-refractivity contribution >= 4 is 62.3 Å². The van der Waals surface area contributed by atoms with Gasteiger partial charge in [0.25, 0.3) is 0 Å². The van der Waals surface area contributed by atoms with E-state index < -0.39 is 0 Å². The van der Waals surface area contributed by atoms with E-state index in [0.29, 0.717) is 6.42 Å². The number of carbonyl (C=O) groups is 1. The van der Waals surface area contributed by atoms with Crippen LogP contribution >= 0.6 is 56.5 Å². The molecule has 0 spiro atoms. The summed E-state index contributed by atoms with van der Waals surface area (Å²) in [5.41, 5.74) is 3.33. The number of thiophene rings is 1. The topological polar surface area (TPSA) is 17.1 Å². The number of halogens is 2. The van der Waals surface area contributed by atoms with Gasteiger partial charge >= 0.3 is 0 Å². The van der Waals surface area contributed by atoms with Crippen molar-refractivity contribution in [3.05, 3.63) is 41.7 Å². The second kappa shape index (κ2) is 12.5. The molecule has 0 atom stereocenters. The molecule has 0 aliphatic rings. The van der Waals surface area contributed by atoms with Crippen LogP contribution in [-0.2, 0) is 0 Å². The first-order chi connectivity index (χ1) is 12.6. The molecule has 0 unspecified atom stereocenters. The average molecular weight is 594 g/mol. The van der Waals surface area contributed by atoms with Crippen molar-refractivity contribution in [3.8, 4) is 11.1 Å². The van der Waals surface area contributed by atoms with Gasteiger partial charge in [0.2, 0.25) is 0 Å². The normalized spacial score (nSPS) is 11.0. The van der Waals surface area contributed by atoms with E-state index in [9.17, 15) is 4.79 Å². The minimum Gasteiger partial charge on any atom is -0.294 e. The molecule has 1 aromatic carbocycles. The lowest BCUT2D eigenvalue weighted by Crippen LogP contribution is -1.98. The van der Waals surface area contributed by atoms with Gasteiger partial charge in [-0.1, -0.05) is 82.6 Å².